The third-order valence-corrected chi connectivity index (χ3v) is 3.65. The third-order valence-electron chi connectivity index (χ3n) is 2.68. The van der Waals surface area contributed by atoms with E-state index in [-0.39, 0.29) is 6.10 Å². The van der Waals surface area contributed by atoms with E-state index in [1.807, 2.05) is 17.5 Å². The summed E-state index contributed by atoms with van der Waals surface area (Å²) < 4.78 is 12.2. The number of esters is 1. The van der Waals surface area contributed by atoms with Crippen LogP contribution < -0.4 is 0 Å². The molecule has 2 rings (SSSR count). The summed E-state index contributed by atoms with van der Waals surface area (Å²) in [5.74, 6) is -0.103. The van der Waals surface area contributed by atoms with Gasteiger partial charge in [0.2, 0.25) is 5.82 Å². The molecule has 0 aliphatic rings. The predicted octanol–water partition coefficient (Wildman–Crippen LogP) is 2.51. The zero-order valence-corrected chi connectivity index (χ0v) is 11.7. The van der Waals surface area contributed by atoms with Gasteiger partial charge in [0, 0.05) is 24.4 Å². The topological polar surface area (TPSA) is 53.3 Å². The number of carbonyl (C=O) groups excluding carboxylic acids is 1. The normalized spacial score (nSPS) is 12.3. The molecule has 0 aromatic carbocycles. The maximum absolute atomic E-state index is 11.7. The van der Waals surface area contributed by atoms with Crippen LogP contribution in [0.3, 0.4) is 0 Å². The Morgan fingerprint density at radius 3 is 3.05 bits per heavy atom. The first-order valence-electron chi connectivity index (χ1n) is 6.00. The molecule has 0 N–H and O–H groups in total. The molecule has 102 valence electrons. The van der Waals surface area contributed by atoms with Gasteiger partial charge >= 0.3 is 5.97 Å². The molecule has 0 saturated carbocycles. The van der Waals surface area contributed by atoms with E-state index in [2.05, 4.69) is 4.98 Å². The molecule has 5 nitrogen and oxygen atoms in total. The number of ether oxygens (including phenoxy) is 2. The van der Waals surface area contributed by atoms with Crippen molar-refractivity contribution >= 4 is 17.3 Å². The molecule has 0 amide bonds. The first kappa shape index (κ1) is 13.8. The number of hydrogen-bond donors (Lipinski definition) is 0. The van der Waals surface area contributed by atoms with Crippen LogP contribution in [0.2, 0.25) is 0 Å². The first-order valence-corrected chi connectivity index (χ1v) is 6.88. The molecular formula is C13H16N2O3S. The highest BCUT2D eigenvalue weighted by Crippen LogP contribution is 2.24. The molecule has 0 bridgehead atoms. The fourth-order valence-corrected chi connectivity index (χ4v) is 2.57. The fraction of sp³-hybridized carbons (Fsp3) is 0.385. The number of carbonyl (C=O) groups is 1. The highest BCUT2D eigenvalue weighted by Gasteiger charge is 2.18. The molecule has 0 aliphatic carbocycles. The van der Waals surface area contributed by atoms with Gasteiger partial charge in [-0.05, 0) is 18.4 Å². The van der Waals surface area contributed by atoms with Crippen molar-refractivity contribution in [2.24, 2.45) is 0 Å². The van der Waals surface area contributed by atoms with E-state index in [1.165, 1.54) is 0 Å². The van der Waals surface area contributed by atoms with Crippen molar-refractivity contribution in [3.8, 4) is 0 Å². The number of thiophene rings is 1. The van der Waals surface area contributed by atoms with Crippen LogP contribution in [0.1, 0.15) is 28.5 Å². The van der Waals surface area contributed by atoms with Crippen LogP contribution in [0.25, 0.3) is 0 Å². The Bertz CT molecular complexity index is 522. The average Bonchev–Trinajstić information content (AvgIpc) is 3.07. The van der Waals surface area contributed by atoms with Crippen molar-refractivity contribution in [1.29, 1.82) is 0 Å². The van der Waals surface area contributed by atoms with Crippen molar-refractivity contribution in [2.45, 2.75) is 19.6 Å². The highest BCUT2D eigenvalue weighted by molar-refractivity contribution is 7.10. The lowest BCUT2D eigenvalue weighted by Crippen LogP contribution is -2.17. The van der Waals surface area contributed by atoms with Crippen LogP contribution in [0.15, 0.2) is 29.9 Å². The average molecular weight is 280 g/mol. The summed E-state index contributed by atoms with van der Waals surface area (Å²) in [6.45, 7) is 2.64. The Morgan fingerprint density at radius 2 is 2.42 bits per heavy atom. The van der Waals surface area contributed by atoms with Gasteiger partial charge in [-0.2, -0.15) is 0 Å². The van der Waals surface area contributed by atoms with Gasteiger partial charge in [0.1, 0.15) is 6.10 Å². The Kier molecular flexibility index (Phi) is 4.70. The van der Waals surface area contributed by atoms with Crippen LogP contribution >= 0.6 is 11.3 Å². The number of rotatable bonds is 6. The zero-order chi connectivity index (χ0) is 13.7. The number of aromatic nitrogens is 2. The minimum atomic E-state index is -0.409. The van der Waals surface area contributed by atoms with Crippen molar-refractivity contribution in [2.75, 3.05) is 13.7 Å². The summed E-state index contributed by atoms with van der Waals surface area (Å²) in [7, 11) is 1.66. The number of nitrogens with zero attached hydrogens (tertiary/aromatic N) is 2. The van der Waals surface area contributed by atoms with Gasteiger partial charge < -0.3 is 14.0 Å². The van der Waals surface area contributed by atoms with Crippen molar-refractivity contribution in [1.82, 2.24) is 9.55 Å². The van der Waals surface area contributed by atoms with E-state index in [4.69, 9.17) is 9.47 Å². The molecule has 1 atom stereocenters. The Labute approximate surface area is 115 Å². The summed E-state index contributed by atoms with van der Waals surface area (Å²) >= 11 is 1.63. The molecule has 0 aliphatic heterocycles. The van der Waals surface area contributed by atoms with Gasteiger partial charge in [0.05, 0.1) is 13.2 Å². The molecule has 2 heterocycles. The van der Waals surface area contributed by atoms with E-state index in [9.17, 15) is 4.79 Å². The van der Waals surface area contributed by atoms with Gasteiger partial charge in [0.15, 0.2) is 0 Å². The molecule has 2 aromatic heterocycles. The molecule has 0 saturated heterocycles. The van der Waals surface area contributed by atoms with Crippen molar-refractivity contribution < 1.29 is 14.3 Å². The molecular weight excluding hydrogens is 264 g/mol. The maximum atomic E-state index is 11.7. The van der Waals surface area contributed by atoms with Crippen LogP contribution in [0.5, 0.6) is 0 Å². The lowest BCUT2D eigenvalue weighted by Gasteiger charge is -2.15. The molecule has 0 unspecified atom stereocenters. The second-order valence-electron chi connectivity index (χ2n) is 3.86. The summed E-state index contributed by atoms with van der Waals surface area (Å²) in [6, 6.07) is 3.99. The zero-order valence-electron chi connectivity index (χ0n) is 10.9. The van der Waals surface area contributed by atoms with Crippen molar-refractivity contribution in [3.63, 3.8) is 0 Å². The Hall–Kier alpha value is -1.66. The largest absolute Gasteiger partial charge is 0.460 e. The molecule has 6 heteroatoms. The summed E-state index contributed by atoms with van der Waals surface area (Å²) in [6.07, 6.45) is 3.25. The van der Waals surface area contributed by atoms with E-state index in [1.54, 1.807) is 42.3 Å². The second kappa shape index (κ2) is 6.49. The van der Waals surface area contributed by atoms with Crippen LogP contribution in [0, 0.1) is 0 Å². The summed E-state index contributed by atoms with van der Waals surface area (Å²) in [4.78, 5) is 16.9. The molecule has 0 spiro atoms. The molecule has 0 fully saturated rings. The van der Waals surface area contributed by atoms with Gasteiger partial charge in [-0.3, -0.25) is 0 Å². The lowest BCUT2D eigenvalue weighted by molar-refractivity contribution is 0.0493. The third kappa shape index (κ3) is 3.21. The Balaban J connectivity index is 2.14. The lowest BCUT2D eigenvalue weighted by atomic mass is 10.3. The number of imidazole rings is 1. The predicted molar refractivity (Wildman–Crippen MR) is 72.3 cm³/mol. The number of methoxy groups -OCH3 is 1. The SMILES string of the molecule is CCOC(=O)c1nccn1C[C@@H](OC)c1cccs1. The van der Waals surface area contributed by atoms with Gasteiger partial charge in [-0.25, -0.2) is 9.78 Å². The van der Waals surface area contributed by atoms with Gasteiger partial charge in [0.25, 0.3) is 0 Å². The van der Waals surface area contributed by atoms with Crippen LogP contribution in [-0.2, 0) is 16.0 Å². The van der Waals surface area contributed by atoms with E-state index >= 15 is 0 Å². The van der Waals surface area contributed by atoms with E-state index in [0.29, 0.717) is 19.0 Å². The monoisotopic (exact) mass is 280 g/mol. The summed E-state index contributed by atoms with van der Waals surface area (Å²) in [5, 5.41) is 2.00. The summed E-state index contributed by atoms with van der Waals surface area (Å²) in [5.41, 5.74) is 0. The Morgan fingerprint density at radius 1 is 1.58 bits per heavy atom. The molecule has 0 radical (unpaired) electrons. The quantitative estimate of drug-likeness (QED) is 0.763. The van der Waals surface area contributed by atoms with Gasteiger partial charge in [-0.1, -0.05) is 6.07 Å². The van der Waals surface area contributed by atoms with Crippen LogP contribution in [-0.4, -0.2) is 29.2 Å². The maximum Gasteiger partial charge on any atom is 0.374 e. The smallest absolute Gasteiger partial charge is 0.374 e. The van der Waals surface area contributed by atoms with Crippen molar-refractivity contribution in [3.05, 3.63) is 40.6 Å². The van der Waals surface area contributed by atoms with E-state index in [0.717, 1.165) is 4.88 Å². The first-order chi connectivity index (χ1) is 9.26. The number of hydrogen-bond acceptors (Lipinski definition) is 5. The molecule has 19 heavy (non-hydrogen) atoms. The molecule has 2 aromatic rings. The van der Waals surface area contributed by atoms with Crippen LogP contribution in [0.4, 0.5) is 0 Å². The standard InChI is InChI=1S/C13H16N2O3S/c1-3-18-13(16)12-14-6-7-15(12)9-10(17-2)11-5-4-8-19-11/h4-8,10H,3,9H2,1-2H3/t10-/m1/s1. The van der Waals surface area contributed by atoms with E-state index < -0.39 is 5.97 Å². The fourth-order valence-electron chi connectivity index (χ4n) is 1.78. The van der Waals surface area contributed by atoms with Gasteiger partial charge in [-0.15, -0.1) is 11.3 Å². The second-order valence-corrected chi connectivity index (χ2v) is 4.84. The minimum absolute atomic E-state index is 0.0950. The highest BCUT2D eigenvalue weighted by atomic mass is 32.1. The minimum Gasteiger partial charge on any atom is -0.460 e.